The van der Waals surface area contributed by atoms with E-state index in [2.05, 4.69) is 45.1 Å². The topological polar surface area (TPSA) is 47.3 Å². The molecule has 0 radical (unpaired) electrons. The lowest BCUT2D eigenvalue weighted by Gasteiger charge is -2.35. The van der Waals surface area contributed by atoms with E-state index in [1.807, 2.05) is 7.05 Å². The van der Waals surface area contributed by atoms with Crippen molar-refractivity contribution >= 4 is 0 Å². The smallest absolute Gasteiger partial charge is 0.126 e. The number of benzene rings is 1. The fraction of sp³-hybridized carbons (Fsp3) is 0.625. The van der Waals surface area contributed by atoms with Crippen LogP contribution >= 0.6 is 0 Å². The molecule has 0 heterocycles. The van der Waals surface area contributed by atoms with Gasteiger partial charge in [-0.05, 0) is 44.8 Å². The van der Waals surface area contributed by atoms with Crippen molar-refractivity contribution in [3.8, 4) is 5.75 Å². The summed E-state index contributed by atoms with van der Waals surface area (Å²) in [4.78, 5) is 0. The third-order valence-electron chi connectivity index (χ3n) is 3.82. The van der Waals surface area contributed by atoms with Gasteiger partial charge < -0.3 is 15.8 Å². The van der Waals surface area contributed by atoms with Gasteiger partial charge in [0, 0.05) is 11.6 Å². The number of methoxy groups -OCH3 is 1. The number of hydrogen-bond acceptors (Lipinski definition) is 3. The maximum absolute atomic E-state index is 5.76. The molecule has 0 spiro atoms. The Balaban J connectivity index is 3.32. The third-order valence-corrected chi connectivity index (χ3v) is 3.82. The first-order valence-electron chi connectivity index (χ1n) is 6.89. The molecule has 0 fully saturated rings. The van der Waals surface area contributed by atoms with E-state index >= 15 is 0 Å². The molecule has 0 saturated carbocycles. The van der Waals surface area contributed by atoms with Crippen LogP contribution in [0.4, 0.5) is 0 Å². The zero-order valence-corrected chi connectivity index (χ0v) is 13.1. The molecule has 0 aromatic heterocycles. The Labute approximate surface area is 117 Å². The second-order valence-corrected chi connectivity index (χ2v) is 5.95. The fourth-order valence-corrected chi connectivity index (χ4v) is 2.96. The normalized spacial score (nSPS) is 13.4. The molecule has 108 valence electrons. The summed E-state index contributed by atoms with van der Waals surface area (Å²) in [5.41, 5.74) is 9.50. The molecule has 0 aliphatic heterocycles. The maximum atomic E-state index is 5.76. The van der Waals surface area contributed by atoms with Gasteiger partial charge in [0.2, 0.25) is 0 Å². The van der Waals surface area contributed by atoms with Crippen LogP contribution in [-0.4, -0.2) is 20.7 Å². The minimum Gasteiger partial charge on any atom is -0.496 e. The SMILES string of the molecule is CNC(c1cc(C)cc(C)c1OC)C(C)(C)CCN. The molecule has 1 aromatic rings. The summed E-state index contributed by atoms with van der Waals surface area (Å²) >= 11 is 0. The van der Waals surface area contributed by atoms with Gasteiger partial charge in [-0.15, -0.1) is 0 Å². The van der Waals surface area contributed by atoms with Crippen molar-refractivity contribution in [2.45, 2.75) is 40.2 Å². The zero-order chi connectivity index (χ0) is 14.6. The summed E-state index contributed by atoms with van der Waals surface area (Å²) in [7, 11) is 3.74. The van der Waals surface area contributed by atoms with Gasteiger partial charge in [-0.3, -0.25) is 0 Å². The highest BCUT2D eigenvalue weighted by Crippen LogP contribution is 2.41. The van der Waals surface area contributed by atoms with Crippen molar-refractivity contribution in [3.05, 3.63) is 28.8 Å². The van der Waals surface area contributed by atoms with Crippen LogP contribution in [0, 0.1) is 19.3 Å². The lowest BCUT2D eigenvalue weighted by molar-refractivity contribution is 0.233. The number of aryl methyl sites for hydroxylation is 2. The number of nitrogens with one attached hydrogen (secondary N) is 1. The van der Waals surface area contributed by atoms with Crippen molar-refractivity contribution < 1.29 is 4.74 Å². The molecular weight excluding hydrogens is 236 g/mol. The molecule has 3 nitrogen and oxygen atoms in total. The van der Waals surface area contributed by atoms with E-state index < -0.39 is 0 Å². The highest BCUT2D eigenvalue weighted by molar-refractivity contribution is 5.46. The van der Waals surface area contributed by atoms with Crippen LogP contribution in [0.5, 0.6) is 5.75 Å². The zero-order valence-electron chi connectivity index (χ0n) is 13.1. The Morgan fingerprint density at radius 2 is 1.95 bits per heavy atom. The molecule has 1 rings (SSSR count). The maximum Gasteiger partial charge on any atom is 0.126 e. The predicted molar refractivity (Wildman–Crippen MR) is 81.7 cm³/mol. The summed E-state index contributed by atoms with van der Waals surface area (Å²) in [5.74, 6) is 0.982. The van der Waals surface area contributed by atoms with Crippen LogP contribution in [-0.2, 0) is 0 Å². The van der Waals surface area contributed by atoms with Gasteiger partial charge in [-0.2, -0.15) is 0 Å². The number of nitrogens with two attached hydrogens (primary N) is 1. The van der Waals surface area contributed by atoms with Crippen LogP contribution in [0.1, 0.15) is 43.0 Å². The van der Waals surface area contributed by atoms with Crippen molar-refractivity contribution in [1.29, 1.82) is 0 Å². The molecule has 3 heteroatoms. The first kappa shape index (κ1) is 16.0. The van der Waals surface area contributed by atoms with Gasteiger partial charge in [0.15, 0.2) is 0 Å². The Morgan fingerprint density at radius 3 is 2.42 bits per heavy atom. The second-order valence-electron chi connectivity index (χ2n) is 5.95. The van der Waals surface area contributed by atoms with Gasteiger partial charge in [-0.25, -0.2) is 0 Å². The highest BCUT2D eigenvalue weighted by atomic mass is 16.5. The largest absolute Gasteiger partial charge is 0.496 e. The lowest BCUT2D eigenvalue weighted by atomic mass is 9.77. The fourth-order valence-electron chi connectivity index (χ4n) is 2.96. The summed E-state index contributed by atoms with van der Waals surface area (Å²) in [5, 5.41) is 3.44. The first-order valence-corrected chi connectivity index (χ1v) is 6.89. The molecular formula is C16H28N2O. The molecule has 3 N–H and O–H groups in total. The molecule has 1 aromatic carbocycles. The summed E-state index contributed by atoms with van der Waals surface area (Å²) < 4.78 is 5.62. The van der Waals surface area contributed by atoms with E-state index in [1.165, 1.54) is 16.7 Å². The Hall–Kier alpha value is -1.06. The molecule has 1 atom stereocenters. The molecule has 0 saturated heterocycles. The van der Waals surface area contributed by atoms with Crippen molar-refractivity contribution in [3.63, 3.8) is 0 Å². The minimum atomic E-state index is 0.0804. The average Bonchev–Trinajstić information content (AvgIpc) is 2.28. The molecule has 0 aliphatic carbocycles. The monoisotopic (exact) mass is 264 g/mol. The highest BCUT2D eigenvalue weighted by Gasteiger charge is 2.31. The van der Waals surface area contributed by atoms with E-state index in [1.54, 1.807) is 7.11 Å². The number of ether oxygens (including phenoxy) is 1. The van der Waals surface area contributed by atoms with Crippen molar-refractivity contribution in [2.24, 2.45) is 11.1 Å². The standard InChI is InChI=1S/C16H28N2O/c1-11-9-12(2)14(19-6)13(10-11)15(18-5)16(3,4)7-8-17/h9-10,15,18H,7-8,17H2,1-6H3. The first-order chi connectivity index (χ1) is 8.87. The third kappa shape index (κ3) is 3.48. The van der Waals surface area contributed by atoms with E-state index in [4.69, 9.17) is 10.5 Å². The average molecular weight is 264 g/mol. The number of hydrogen-bond donors (Lipinski definition) is 2. The molecule has 0 amide bonds. The van der Waals surface area contributed by atoms with Gasteiger partial charge in [0.05, 0.1) is 7.11 Å². The van der Waals surface area contributed by atoms with E-state index in [0.29, 0.717) is 6.54 Å². The van der Waals surface area contributed by atoms with Crippen LogP contribution < -0.4 is 15.8 Å². The van der Waals surface area contributed by atoms with Gasteiger partial charge >= 0.3 is 0 Å². The Morgan fingerprint density at radius 1 is 1.32 bits per heavy atom. The summed E-state index contributed by atoms with van der Waals surface area (Å²) in [6.45, 7) is 9.41. The van der Waals surface area contributed by atoms with Crippen LogP contribution in [0.25, 0.3) is 0 Å². The molecule has 0 aliphatic rings. The second kappa shape index (κ2) is 6.40. The van der Waals surface area contributed by atoms with Crippen LogP contribution in [0.2, 0.25) is 0 Å². The Bertz CT molecular complexity index is 427. The summed E-state index contributed by atoms with van der Waals surface area (Å²) in [6.07, 6.45) is 0.967. The number of rotatable bonds is 6. The molecule has 1 unspecified atom stereocenters. The molecule has 19 heavy (non-hydrogen) atoms. The van der Waals surface area contributed by atoms with E-state index in [-0.39, 0.29) is 11.5 Å². The van der Waals surface area contributed by atoms with Gasteiger partial charge in [-0.1, -0.05) is 31.5 Å². The van der Waals surface area contributed by atoms with Crippen molar-refractivity contribution in [2.75, 3.05) is 20.7 Å². The van der Waals surface area contributed by atoms with Crippen molar-refractivity contribution in [1.82, 2.24) is 5.32 Å². The van der Waals surface area contributed by atoms with Gasteiger partial charge in [0.1, 0.15) is 5.75 Å². The van der Waals surface area contributed by atoms with Gasteiger partial charge in [0.25, 0.3) is 0 Å². The van der Waals surface area contributed by atoms with E-state index in [9.17, 15) is 0 Å². The Kier molecular flexibility index (Phi) is 5.39. The molecule has 0 bridgehead atoms. The van der Waals surface area contributed by atoms with Crippen LogP contribution in [0.3, 0.4) is 0 Å². The lowest BCUT2D eigenvalue weighted by Crippen LogP contribution is -2.34. The van der Waals surface area contributed by atoms with Crippen LogP contribution in [0.15, 0.2) is 12.1 Å². The predicted octanol–water partition coefficient (Wildman–Crippen LogP) is 2.95. The minimum absolute atomic E-state index is 0.0804. The summed E-state index contributed by atoms with van der Waals surface area (Å²) in [6, 6.07) is 4.60. The quantitative estimate of drug-likeness (QED) is 0.830. The van der Waals surface area contributed by atoms with E-state index in [0.717, 1.165) is 12.2 Å².